The fourth-order valence-electron chi connectivity index (χ4n) is 0.297. The molecule has 0 aliphatic heterocycles. The number of carbonyl (C=O) groups is 1. The van der Waals surface area contributed by atoms with Crippen molar-refractivity contribution in [1.82, 2.24) is 0 Å². The van der Waals surface area contributed by atoms with E-state index >= 15 is 0 Å². The highest BCUT2D eigenvalue weighted by molar-refractivity contribution is 5.85. The number of allylic oxidation sites excluding steroid dienone is 1. The molecule has 4 nitrogen and oxygen atoms in total. The van der Waals surface area contributed by atoms with Crippen LogP contribution >= 0.6 is 0 Å². The summed E-state index contributed by atoms with van der Waals surface area (Å²) >= 11 is 0. The maximum atomic E-state index is 9.67. The molecule has 0 heterocycles. The van der Waals surface area contributed by atoms with Crippen LogP contribution < -0.4 is 0 Å². The molecule has 4 heteroatoms. The van der Waals surface area contributed by atoms with E-state index in [1.807, 2.05) is 0 Å². The molecule has 0 aliphatic carbocycles. The van der Waals surface area contributed by atoms with Crippen molar-refractivity contribution >= 4 is 12.2 Å². The maximum Gasteiger partial charge on any atom is 0.156 e. The van der Waals surface area contributed by atoms with Crippen LogP contribution in [0.15, 0.2) is 5.57 Å². The Morgan fingerprint density at radius 3 is 1.92 bits per heavy atom. The summed E-state index contributed by atoms with van der Waals surface area (Å²) in [5.74, 6) is 1.50. The summed E-state index contributed by atoms with van der Waals surface area (Å²) in [6, 6.07) is 0. The number of carbonyl (C=O) groups excluding carboxylic acids is 2. The summed E-state index contributed by atoms with van der Waals surface area (Å²) in [7, 11) is 3.17. The van der Waals surface area contributed by atoms with E-state index in [1.54, 1.807) is 21.1 Å². The van der Waals surface area contributed by atoms with Gasteiger partial charge in [0.25, 0.3) is 0 Å². The lowest BCUT2D eigenvalue weighted by Gasteiger charge is -1.87. The molecule has 0 aliphatic rings. The van der Waals surface area contributed by atoms with Gasteiger partial charge < -0.3 is 9.47 Å². The number of methoxy groups -OCH3 is 2. The van der Waals surface area contributed by atoms with Gasteiger partial charge in [-0.2, -0.15) is 0 Å². The minimum Gasteiger partial charge on any atom is -0.359 e. The van der Waals surface area contributed by atoms with Crippen LogP contribution in [0.2, 0.25) is 0 Å². The Labute approximate surface area is 72.2 Å². The van der Waals surface area contributed by atoms with E-state index in [1.165, 1.54) is 5.94 Å². The van der Waals surface area contributed by atoms with E-state index in [-0.39, 0.29) is 5.57 Å². The van der Waals surface area contributed by atoms with Crippen LogP contribution in [0.3, 0.4) is 0 Å². The first-order valence-corrected chi connectivity index (χ1v) is 3.43. The molecule has 0 spiro atoms. The Kier molecular flexibility index (Phi) is 14.4. The Morgan fingerprint density at radius 1 is 1.42 bits per heavy atom. The Hall–Kier alpha value is -0.960. The van der Waals surface area contributed by atoms with Gasteiger partial charge in [0.1, 0.15) is 12.7 Å². The predicted molar refractivity (Wildman–Crippen MR) is 44.4 cm³/mol. The van der Waals surface area contributed by atoms with E-state index in [9.17, 15) is 9.59 Å². The average molecular weight is 174 g/mol. The van der Waals surface area contributed by atoms with Gasteiger partial charge >= 0.3 is 0 Å². The van der Waals surface area contributed by atoms with Crippen molar-refractivity contribution in [3.05, 3.63) is 5.57 Å². The first-order valence-electron chi connectivity index (χ1n) is 3.43. The van der Waals surface area contributed by atoms with Crippen molar-refractivity contribution in [2.45, 2.75) is 13.3 Å². The van der Waals surface area contributed by atoms with Crippen molar-refractivity contribution in [2.75, 3.05) is 21.0 Å². The number of ether oxygens (including phenoxy) is 2. The van der Waals surface area contributed by atoms with E-state index < -0.39 is 0 Å². The van der Waals surface area contributed by atoms with E-state index in [0.717, 1.165) is 0 Å². The van der Waals surface area contributed by atoms with Gasteiger partial charge in [-0.3, -0.25) is 4.79 Å². The third-order valence-corrected chi connectivity index (χ3v) is 0.890. The van der Waals surface area contributed by atoms with Crippen molar-refractivity contribution < 1.29 is 19.1 Å². The normalized spacial score (nSPS) is 7.58. The standard InChI is InChI=1S/C5H6O2.C3H8O2/c1-2-5(3-6)4-7;1-4-3-5-2/h3H,2H2,1H3;3H2,1-2H3. The molecule has 0 rings (SSSR count). The third-order valence-electron chi connectivity index (χ3n) is 0.890. The highest BCUT2D eigenvalue weighted by Crippen LogP contribution is 1.85. The van der Waals surface area contributed by atoms with Gasteiger partial charge in [0.15, 0.2) is 6.29 Å². The number of hydrogen-bond acceptors (Lipinski definition) is 4. The molecule has 0 bridgehead atoms. The molecular weight excluding hydrogens is 160 g/mol. The quantitative estimate of drug-likeness (QED) is 0.271. The van der Waals surface area contributed by atoms with Gasteiger partial charge in [0.2, 0.25) is 0 Å². The minimum absolute atomic E-state index is 0.194. The molecule has 0 saturated carbocycles. The van der Waals surface area contributed by atoms with Gasteiger partial charge in [-0.1, -0.05) is 6.92 Å². The first kappa shape index (κ1) is 13.6. The lowest BCUT2D eigenvalue weighted by atomic mass is 10.3. The van der Waals surface area contributed by atoms with Crippen LogP contribution in [0, 0.1) is 0 Å². The second-order valence-corrected chi connectivity index (χ2v) is 1.79. The van der Waals surface area contributed by atoms with Crippen molar-refractivity contribution in [3.63, 3.8) is 0 Å². The Balaban J connectivity index is 0. The topological polar surface area (TPSA) is 52.6 Å². The molecule has 0 amide bonds. The molecule has 0 saturated heterocycles. The minimum atomic E-state index is 0.194. The van der Waals surface area contributed by atoms with Crippen molar-refractivity contribution in [2.24, 2.45) is 0 Å². The molecule has 12 heavy (non-hydrogen) atoms. The summed E-state index contributed by atoms with van der Waals surface area (Å²) < 4.78 is 8.94. The zero-order chi connectivity index (χ0) is 9.82. The van der Waals surface area contributed by atoms with Crippen molar-refractivity contribution in [3.8, 4) is 0 Å². The molecule has 0 aromatic carbocycles. The highest BCUT2D eigenvalue weighted by atomic mass is 16.6. The Morgan fingerprint density at radius 2 is 1.92 bits per heavy atom. The molecule has 0 radical (unpaired) electrons. The fourth-order valence-corrected chi connectivity index (χ4v) is 0.297. The zero-order valence-corrected chi connectivity index (χ0v) is 7.62. The van der Waals surface area contributed by atoms with Gasteiger partial charge in [0.05, 0.1) is 5.57 Å². The van der Waals surface area contributed by atoms with Crippen LogP contribution in [0.1, 0.15) is 13.3 Å². The molecule has 0 atom stereocenters. The van der Waals surface area contributed by atoms with E-state index in [2.05, 4.69) is 9.47 Å². The highest BCUT2D eigenvalue weighted by Gasteiger charge is 1.85. The third kappa shape index (κ3) is 11.8. The molecule has 0 aromatic rings. The van der Waals surface area contributed by atoms with E-state index in [0.29, 0.717) is 19.5 Å². The smallest absolute Gasteiger partial charge is 0.156 e. The van der Waals surface area contributed by atoms with Gasteiger partial charge in [0, 0.05) is 14.2 Å². The van der Waals surface area contributed by atoms with Crippen LogP contribution in [-0.2, 0) is 19.1 Å². The first-order chi connectivity index (χ1) is 5.76. The monoisotopic (exact) mass is 174 g/mol. The zero-order valence-electron chi connectivity index (χ0n) is 7.62. The fraction of sp³-hybridized carbons (Fsp3) is 0.625. The van der Waals surface area contributed by atoms with E-state index in [4.69, 9.17) is 0 Å². The summed E-state index contributed by atoms with van der Waals surface area (Å²) in [4.78, 5) is 19.2. The number of aldehydes is 1. The Bertz CT molecular complexity index is 145. The maximum absolute atomic E-state index is 9.67. The van der Waals surface area contributed by atoms with Crippen LogP contribution in [0.25, 0.3) is 0 Å². The predicted octanol–water partition coefficient (Wildman–Crippen LogP) is 0.590. The number of hydrogen-bond donors (Lipinski definition) is 0. The SMILES string of the molecule is CCC(=C=O)C=O.COCOC. The summed E-state index contributed by atoms with van der Waals surface area (Å²) in [5, 5.41) is 0. The molecule has 70 valence electrons. The van der Waals surface area contributed by atoms with Crippen molar-refractivity contribution in [1.29, 1.82) is 0 Å². The largest absolute Gasteiger partial charge is 0.359 e. The van der Waals surface area contributed by atoms with Crippen LogP contribution in [0.5, 0.6) is 0 Å². The van der Waals surface area contributed by atoms with Gasteiger partial charge in [-0.25, -0.2) is 4.79 Å². The molecule has 0 unspecified atom stereocenters. The lowest BCUT2D eigenvalue weighted by Crippen LogP contribution is -1.87. The summed E-state index contributed by atoms with van der Waals surface area (Å²) in [6.07, 6.45) is 1.000. The average Bonchev–Trinajstić information content (AvgIpc) is 2.10. The lowest BCUT2D eigenvalue weighted by molar-refractivity contribution is -0.104. The van der Waals surface area contributed by atoms with Crippen LogP contribution in [-0.4, -0.2) is 33.2 Å². The molecule has 0 aromatic heterocycles. The number of rotatable bonds is 4. The molecular formula is C8H14O4. The molecule has 0 N–H and O–H groups in total. The second-order valence-electron chi connectivity index (χ2n) is 1.79. The molecule has 0 fully saturated rings. The van der Waals surface area contributed by atoms with Crippen LogP contribution in [0.4, 0.5) is 0 Å². The van der Waals surface area contributed by atoms with Gasteiger partial charge in [-0.15, -0.1) is 0 Å². The summed E-state index contributed by atoms with van der Waals surface area (Å²) in [5.41, 5.74) is 0.194. The van der Waals surface area contributed by atoms with Gasteiger partial charge in [-0.05, 0) is 6.42 Å². The second kappa shape index (κ2) is 12.7. The summed E-state index contributed by atoms with van der Waals surface area (Å²) in [6.45, 7) is 2.12.